The molecule has 1 heterocycles. The number of pyridine rings is 1. The van der Waals surface area contributed by atoms with E-state index >= 15 is 0 Å². The molecular weight excluding hydrogens is 302 g/mol. The maximum atomic E-state index is 4.55. The molecule has 25 heavy (non-hydrogen) atoms. The molecule has 1 nitrogen and oxygen atoms in total. The minimum atomic E-state index is 0.260. The lowest BCUT2D eigenvalue weighted by Gasteiger charge is -2.14. The number of hydrogen-bond acceptors (Lipinski definition) is 1. The highest BCUT2D eigenvalue weighted by Crippen LogP contribution is 2.39. The van der Waals surface area contributed by atoms with Gasteiger partial charge in [-0.15, -0.1) is 0 Å². The third-order valence-corrected chi connectivity index (χ3v) is 5.34. The first-order valence-corrected chi connectivity index (χ1v) is 9.10. The van der Waals surface area contributed by atoms with Crippen LogP contribution in [0.1, 0.15) is 54.5 Å². The summed E-state index contributed by atoms with van der Waals surface area (Å²) in [5.41, 5.74) is 7.80. The Balaban J connectivity index is 1.72. The van der Waals surface area contributed by atoms with Gasteiger partial charge in [-0.25, -0.2) is 0 Å². The molecule has 1 aromatic heterocycles. The second-order valence-electron chi connectivity index (χ2n) is 6.83. The molecule has 124 valence electrons. The van der Waals surface area contributed by atoms with Crippen LogP contribution in [0.25, 0.3) is 17.2 Å². The predicted molar refractivity (Wildman–Crippen MR) is 106 cm³/mol. The van der Waals surface area contributed by atoms with Crippen LogP contribution in [0, 0.1) is 0 Å². The molecule has 1 heteroatoms. The molecule has 0 radical (unpaired) electrons. The summed E-state index contributed by atoms with van der Waals surface area (Å²) >= 11 is 0. The van der Waals surface area contributed by atoms with E-state index in [1.165, 1.54) is 34.2 Å². The summed E-state index contributed by atoms with van der Waals surface area (Å²) in [5.74, 6) is 0.875. The van der Waals surface area contributed by atoms with Gasteiger partial charge in [-0.1, -0.05) is 74.5 Å². The van der Waals surface area contributed by atoms with Gasteiger partial charge in [0.15, 0.2) is 0 Å². The van der Waals surface area contributed by atoms with Crippen LogP contribution in [0.3, 0.4) is 0 Å². The highest BCUT2D eigenvalue weighted by atomic mass is 14.7. The van der Waals surface area contributed by atoms with Crippen LogP contribution < -0.4 is 0 Å². The third kappa shape index (κ3) is 2.91. The molecule has 1 aliphatic rings. The number of rotatable bonds is 4. The lowest BCUT2D eigenvalue weighted by atomic mass is 9.91. The van der Waals surface area contributed by atoms with Crippen molar-refractivity contribution < 1.29 is 0 Å². The average Bonchev–Trinajstić information content (AvgIpc) is 3.12. The maximum Gasteiger partial charge on any atom is 0.0516 e. The Bertz CT molecular complexity index is 891. The third-order valence-electron chi connectivity index (χ3n) is 5.34. The van der Waals surface area contributed by atoms with E-state index in [-0.39, 0.29) is 5.92 Å². The average molecular weight is 325 g/mol. The molecule has 0 bridgehead atoms. The quantitative estimate of drug-likeness (QED) is 0.539. The van der Waals surface area contributed by atoms with Gasteiger partial charge in [0, 0.05) is 12.1 Å². The van der Waals surface area contributed by atoms with Gasteiger partial charge in [0.1, 0.15) is 0 Å². The van der Waals surface area contributed by atoms with E-state index < -0.39 is 0 Å². The first-order valence-electron chi connectivity index (χ1n) is 9.10. The summed E-state index contributed by atoms with van der Waals surface area (Å²) < 4.78 is 0. The van der Waals surface area contributed by atoms with E-state index in [1.54, 1.807) is 0 Å². The fourth-order valence-corrected chi connectivity index (χ4v) is 3.63. The van der Waals surface area contributed by atoms with Crippen molar-refractivity contribution in [1.82, 2.24) is 4.98 Å². The molecule has 0 aliphatic heterocycles. The SMILES string of the molecule is CCC(C)c1ccc(-c2cccc3c2C=CC3c2ccccn2)cc1. The van der Waals surface area contributed by atoms with Crippen LogP contribution in [0.5, 0.6) is 0 Å². The Labute approximate surface area is 150 Å². The molecule has 0 N–H and O–H groups in total. The van der Waals surface area contributed by atoms with Crippen molar-refractivity contribution in [2.24, 2.45) is 0 Å². The Morgan fingerprint density at radius 1 is 0.960 bits per heavy atom. The fourth-order valence-electron chi connectivity index (χ4n) is 3.63. The Morgan fingerprint density at radius 3 is 2.52 bits per heavy atom. The van der Waals surface area contributed by atoms with Crippen LogP contribution in [0.15, 0.2) is 72.9 Å². The standard InChI is InChI=1S/C24H23N/c1-3-17(2)18-10-12-19(13-11-18)20-7-6-8-21-22(20)14-15-23(21)24-9-4-5-16-25-24/h4-17,23H,3H2,1-2H3. The van der Waals surface area contributed by atoms with Crippen LogP contribution in [-0.2, 0) is 0 Å². The molecular formula is C24H23N. The highest BCUT2D eigenvalue weighted by molar-refractivity contribution is 5.81. The van der Waals surface area contributed by atoms with E-state index in [9.17, 15) is 0 Å². The van der Waals surface area contributed by atoms with Crippen molar-refractivity contribution >= 4 is 6.08 Å². The number of nitrogens with zero attached hydrogens (tertiary/aromatic N) is 1. The van der Waals surface area contributed by atoms with Crippen molar-refractivity contribution in [1.29, 1.82) is 0 Å². The highest BCUT2D eigenvalue weighted by Gasteiger charge is 2.22. The number of aromatic nitrogens is 1. The Kier molecular flexibility index (Phi) is 4.23. The lowest BCUT2D eigenvalue weighted by Crippen LogP contribution is -1.99. The van der Waals surface area contributed by atoms with Gasteiger partial charge in [-0.05, 0) is 52.3 Å². The van der Waals surface area contributed by atoms with E-state index in [0.717, 1.165) is 5.69 Å². The molecule has 0 saturated carbocycles. The largest absolute Gasteiger partial charge is 0.260 e. The van der Waals surface area contributed by atoms with Crippen molar-refractivity contribution in [3.8, 4) is 11.1 Å². The topological polar surface area (TPSA) is 12.9 Å². The number of benzene rings is 2. The van der Waals surface area contributed by atoms with Crippen LogP contribution >= 0.6 is 0 Å². The van der Waals surface area contributed by atoms with Gasteiger partial charge in [-0.3, -0.25) is 4.98 Å². The van der Waals surface area contributed by atoms with Gasteiger partial charge in [0.25, 0.3) is 0 Å². The first kappa shape index (κ1) is 15.8. The minimum Gasteiger partial charge on any atom is -0.260 e. The Morgan fingerprint density at radius 2 is 1.80 bits per heavy atom. The zero-order valence-corrected chi connectivity index (χ0v) is 14.8. The van der Waals surface area contributed by atoms with Gasteiger partial charge in [0.05, 0.1) is 5.69 Å². The molecule has 2 atom stereocenters. The monoisotopic (exact) mass is 325 g/mol. The molecule has 0 saturated heterocycles. The molecule has 3 aromatic rings. The van der Waals surface area contributed by atoms with Crippen LogP contribution in [0.4, 0.5) is 0 Å². The van der Waals surface area contributed by atoms with E-state index in [4.69, 9.17) is 0 Å². The summed E-state index contributed by atoms with van der Waals surface area (Å²) in [4.78, 5) is 4.55. The second-order valence-corrected chi connectivity index (χ2v) is 6.83. The molecule has 0 spiro atoms. The summed E-state index contributed by atoms with van der Waals surface area (Å²) in [7, 11) is 0. The zero-order valence-electron chi connectivity index (χ0n) is 14.8. The van der Waals surface area contributed by atoms with Crippen molar-refractivity contribution in [3.63, 3.8) is 0 Å². The van der Waals surface area contributed by atoms with Crippen molar-refractivity contribution in [2.75, 3.05) is 0 Å². The summed E-state index contributed by atoms with van der Waals surface area (Å²) in [6.45, 7) is 4.53. The maximum absolute atomic E-state index is 4.55. The molecule has 2 aromatic carbocycles. The summed E-state index contributed by atoms with van der Waals surface area (Å²) in [6, 6.07) is 21.8. The molecule has 1 aliphatic carbocycles. The van der Waals surface area contributed by atoms with Gasteiger partial charge >= 0.3 is 0 Å². The van der Waals surface area contributed by atoms with E-state index in [0.29, 0.717) is 5.92 Å². The van der Waals surface area contributed by atoms with Crippen LogP contribution in [0.2, 0.25) is 0 Å². The Hall–Kier alpha value is -2.67. The number of hydrogen-bond donors (Lipinski definition) is 0. The fraction of sp³-hybridized carbons (Fsp3) is 0.208. The summed E-state index contributed by atoms with van der Waals surface area (Å²) in [6.07, 6.45) is 7.57. The molecule has 4 rings (SSSR count). The van der Waals surface area contributed by atoms with Crippen molar-refractivity contribution in [2.45, 2.75) is 32.1 Å². The lowest BCUT2D eigenvalue weighted by molar-refractivity contribution is 0.734. The van der Waals surface area contributed by atoms with Crippen molar-refractivity contribution in [3.05, 3.63) is 95.3 Å². The normalized spacial score (nSPS) is 16.6. The predicted octanol–water partition coefficient (Wildman–Crippen LogP) is 6.42. The number of allylic oxidation sites excluding steroid dienone is 1. The second kappa shape index (κ2) is 6.68. The molecule has 0 amide bonds. The first-order chi connectivity index (χ1) is 12.3. The molecule has 2 unspecified atom stereocenters. The molecule has 0 fully saturated rings. The van der Waals surface area contributed by atoms with Gasteiger partial charge in [-0.2, -0.15) is 0 Å². The van der Waals surface area contributed by atoms with Crippen LogP contribution in [-0.4, -0.2) is 4.98 Å². The summed E-state index contributed by atoms with van der Waals surface area (Å²) in [5, 5.41) is 0. The van der Waals surface area contributed by atoms with Gasteiger partial charge < -0.3 is 0 Å². The minimum absolute atomic E-state index is 0.260. The smallest absolute Gasteiger partial charge is 0.0516 e. The van der Waals surface area contributed by atoms with E-state index in [1.807, 2.05) is 12.3 Å². The zero-order chi connectivity index (χ0) is 17.2. The number of fused-ring (bicyclic) bond motifs is 1. The van der Waals surface area contributed by atoms with E-state index in [2.05, 4.69) is 85.6 Å². The van der Waals surface area contributed by atoms with Gasteiger partial charge in [0.2, 0.25) is 0 Å².